The highest BCUT2D eigenvalue weighted by atomic mass is 79.9. The van der Waals surface area contributed by atoms with Crippen LogP contribution in [0.3, 0.4) is 0 Å². The number of aryl methyl sites for hydroxylation is 2. The van der Waals surface area contributed by atoms with Gasteiger partial charge in [-0.25, -0.2) is 15.0 Å². The van der Waals surface area contributed by atoms with E-state index in [1.165, 1.54) is 30.1 Å². The summed E-state index contributed by atoms with van der Waals surface area (Å²) in [7, 11) is 0. The second-order valence-electron chi connectivity index (χ2n) is 12.2. The number of alkyl halides is 3. The van der Waals surface area contributed by atoms with Crippen molar-refractivity contribution < 1.29 is 22.8 Å². The first-order chi connectivity index (χ1) is 21.1. The number of hydrogen-bond acceptors (Lipinski definition) is 7. The molecule has 4 heterocycles. The third kappa shape index (κ3) is 5.30. The lowest BCUT2D eigenvalue weighted by atomic mass is 9.98. The molecule has 0 bridgehead atoms. The average molecular weight is 683 g/mol. The monoisotopic (exact) mass is 681 g/mol. The number of ketones is 1. The number of carbonyl (C=O) groups excluding carboxylic acids is 2. The first-order valence-electron chi connectivity index (χ1n) is 14.4. The Bertz CT molecular complexity index is 1890. The number of pyridine rings is 1. The Balaban J connectivity index is 1.40. The largest absolute Gasteiger partial charge is 0.418 e. The van der Waals surface area contributed by atoms with Gasteiger partial charge in [0.1, 0.15) is 28.0 Å². The van der Waals surface area contributed by atoms with Crippen molar-refractivity contribution in [1.82, 2.24) is 29.6 Å². The molecule has 2 fully saturated rings. The number of rotatable bonds is 7. The summed E-state index contributed by atoms with van der Waals surface area (Å²) in [5.41, 5.74) is 0.380. The molecule has 9 nitrogen and oxygen atoms in total. The van der Waals surface area contributed by atoms with Gasteiger partial charge in [-0.2, -0.15) is 18.3 Å². The number of benzene rings is 1. The van der Waals surface area contributed by atoms with Crippen LogP contribution in [0.25, 0.3) is 22.0 Å². The maximum atomic E-state index is 14.7. The average Bonchev–Trinajstić information content (AvgIpc) is 3.24. The summed E-state index contributed by atoms with van der Waals surface area (Å²) in [4.78, 5) is 40.9. The minimum absolute atomic E-state index is 0.0263. The molecule has 4 atom stereocenters. The fourth-order valence-corrected chi connectivity index (χ4v) is 6.99. The molecule has 1 aliphatic carbocycles. The molecule has 1 aliphatic heterocycles. The van der Waals surface area contributed by atoms with E-state index in [9.17, 15) is 22.8 Å². The zero-order valence-electron chi connectivity index (χ0n) is 25.3. The Morgan fingerprint density at radius 1 is 1.16 bits per heavy atom. The number of piperidine rings is 1. The zero-order valence-corrected chi connectivity index (χ0v) is 26.9. The minimum Gasteiger partial charge on any atom is -0.358 e. The second kappa shape index (κ2) is 10.7. The minimum atomic E-state index is -4.76. The molecule has 13 heteroatoms. The van der Waals surface area contributed by atoms with Crippen LogP contribution in [-0.4, -0.2) is 53.4 Å². The Hall–Kier alpha value is -4.13. The summed E-state index contributed by atoms with van der Waals surface area (Å²) in [6.07, 6.45) is -1.33. The normalized spacial score (nSPS) is 22.4. The molecular weight excluding hydrogens is 651 g/mol. The van der Waals surface area contributed by atoms with Crippen LogP contribution in [0.5, 0.6) is 0 Å². The van der Waals surface area contributed by atoms with E-state index in [-0.39, 0.29) is 52.0 Å². The molecule has 2 aliphatic rings. The molecule has 1 N–H and O–H groups in total. The standard InChI is InChI=1S/C32H31BrF3N7O2/c1-15-7-8-25(33)39-29(15)40-30(45)24-11-31(6)17(3)28(31)43(24)16(2)14-42-27-22(26(41-42)18(4)44)9-20(10-23(27)32(34,35)36)21-12-37-19(5)38-13-21/h7-10,12-13,17,24,28H,2,11,14H2,1,3-6H3,(H,39,40,45)/t17-,24+,28?,31-/m1/s1. The maximum absolute atomic E-state index is 14.7. The molecule has 3 aromatic heterocycles. The number of carbonyl (C=O) groups is 2. The number of Topliss-reactive ketones (excluding diaryl/α,β-unsaturated/α-hetero) is 1. The number of halogens is 4. The first-order valence-corrected chi connectivity index (χ1v) is 15.2. The van der Waals surface area contributed by atoms with Crippen molar-refractivity contribution in [1.29, 1.82) is 0 Å². The lowest BCUT2D eigenvalue weighted by Crippen LogP contribution is -2.43. The van der Waals surface area contributed by atoms with Gasteiger partial charge in [0.05, 0.1) is 17.6 Å². The number of amides is 1. The van der Waals surface area contributed by atoms with Crippen LogP contribution in [0, 0.1) is 25.2 Å². The van der Waals surface area contributed by atoms with E-state index >= 15 is 0 Å². The van der Waals surface area contributed by atoms with E-state index in [0.717, 1.165) is 11.6 Å². The van der Waals surface area contributed by atoms with Gasteiger partial charge in [0.2, 0.25) is 5.91 Å². The maximum Gasteiger partial charge on any atom is 0.418 e. The summed E-state index contributed by atoms with van der Waals surface area (Å²) >= 11 is 3.34. The SMILES string of the molecule is C=C(Cn1nc(C(C)=O)c2cc(-c3cnc(C)nc3)cc(C(F)(F)F)c21)N1C2[C@@H](C)[C@@]2(C)C[C@H]1C(=O)Nc1nc(Br)ccc1C. The van der Waals surface area contributed by atoms with Crippen molar-refractivity contribution in [2.24, 2.45) is 11.3 Å². The van der Waals surface area contributed by atoms with Crippen molar-refractivity contribution in [3.05, 3.63) is 76.2 Å². The van der Waals surface area contributed by atoms with E-state index in [2.05, 4.69) is 61.7 Å². The lowest BCUT2D eigenvalue weighted by molar-refractivity contribution is -0.136. The van der Waals surface area contributed by atoms with E-state index < -0.39 is 23.6 Å². The molecular formula is C32H31BrF3N7O2. The number of aromatic nitrogens is 5. The van der Waals surface area contributed by atoms with Gasteiger partial charge in [0, 0.05) is 42.0 Å². The van der Waals surface area contributed by atoms with Gasteiger partial charge in [-0.05, 0) is 76.9 Å². The van der Waals surface area contributed by atoms with Crippen LogP contribution < -0.4 is 5.32 Å². The highest BCUT2D eigenvalue weighted by Gasteiger charge is 2.69. The summed E-state index contributed by atoms with van der Waals surface area (Å²) < 4.78 is 45.7. The molecule has 6 rings (SSSR count). The molecule has 234 valence electrons. The summed E-state index contributed by atoms with van der Waals surface area (Å²) in [6.45, 7) is 13.1. The molecule has 45 heavy (non-hydrogen) atoms. The van der Waals surface area contributed by atoms with Gasteiger partial charge >= 0.3 is 6.18 Å². The molecule has 1 aromatic carbocycles. The molecule has 1 saturated carbocycles. The van der Waals surface area contributed by atoms with E-state index in [1.54, 1.807) is 13.0 Å². The number of allylic oxidation sites excluding steroid dienone is 1. The Morgan fingerprint density at radius 2 is 1.84 bits per heavy atom. The summed E-state index contributed by atoms with van der Waals surface area (Å²) in [5, 5.41) is 7.39. The Morgan fingerprint density at radius 3 is 2.49 bits per heavy atom. The molecule has 1 unspecified atom stereocenters. The van der Waals surface area contributed by atoms with Gasteiger partial charge in [-0.15, -0.1) is 0 Å². The Labute approximate surface area is 266 Å². The third-order valence-electron chi connectivity index (χ3n) is 9.25. The van der Waals surface area contributed by atoms with Gasteiger partial charge in [-0.3, -0.25) is 14.3 Å². The van der Waals surface area contributed by atoms with Crippen LogP contribution in [-0.2, 0) is 17.5 Å². The van der Waals surface area contributed by atoms with Gasteiger partial charge in [0.25, 0.3) is 0 Å². The molecule has 4 aromatic rings. The smallest absolute Gasteiger partial charge is 0.358 e. The lowest BCUT2D eigenvalue weighted by Gasteiger charge is -2.31. The van der Waals surface area contributed by atoms with Crippen LogP contribution in [0.4, 0.5) is 19.0 Å². The first kappa shape index (κ1) is 30.9. The second-order valence-corrected chi connectivity index (χ2v) is 13.0. The van der Waals surface area contributed by atoms with Crippen LogP contribution in [0.15, 0.2) is 53.5 Å². The number of nitrogens with zero attached hydrogens (tertiary/aromatic N) is 6. The van der Waals surface area contributed by atoms with E-state index in [0.29, 0.717) is 33.9 Å². The Kier molecular flexibility index (Phi) is 7.37. The fourth-order valence-electron chi connectivity index (χ4n) is 6.68. The van der Waals surface area contributed by atoms with Crippen molar-refractivity contribution in [2.45, 2.75) is 65.8 Å². The number of hydrogen-bond donors (Lipinski definition) is 1. The predicted molar refractivity (Wildman–Crippen MR) is 166 cm³/mol. The molecule has 0 spiro atoms. The van der Waals surface area contributed by atoms with Crippen molar-refractivity contribution in [2.75, 3.05) is 5.32 Å². The van der Waals surface area contributed by atoms with Crippen molar-refractivity contribution in [3.8, 4) is 11.1 Å². The van der Waals surface area contributed by atoms with Gasteiger partial charge in [-0.1, -0.05) is 26.5 Å². The van der Waals surface area contributed by atoms with Crippen LogP contribution in [0.2, 0.25) is 0 Å². The number of fused-ring (bicyclic) bond motifs is 2. The third-order valence-corrected chi connectivity index (χ3v) is 9.69. The fraction of sp³-hybridized carbons (Fsp3) is 0.375. The van der Waals surface area contributed by atoms with Gasteiger partial charge < -0.3 is 10.2 Å². The molecule has 1 amide bonds. The van der Waals surface area contributed by atoms with Crippen LogP contribution >= 0.6 is 15.9 Å². The number of likely N-dealkylation sites (tertiary alicyclic amines) is 1. The van der Waals surface area contributed by atoms with E-state index in [4.69, 9.17) is 0 Å². The summed E-state index contributed by atoms with van der Waals surface area (Å²) in [5.74, 6) is 0.392. The van der Waals surface area contributed by atoms with Crippen LogP contribution in [0.1, 0.15) is 54.6 Å². The highest BCUT2D eigenvalue weighted by molar-refractivity contribution is 9.10. The topological polar surface area (TPSA) is 106 Å². The van der Waals surface area contributed by atoms with Gasteiger partial charge in [0.15, 0.2) is 5.78 Å². The van der Waals surface area contributed by atoms with E-state index in [1.807, 2.05) is 17.9 Å². The van der Waals surface area contributed by atoms with Crippen molar-refractivity contribution >= 4 is 44.3 Å². The predicted octanol–water partition coefficient (Wildman–Crippen LogP) is 6.74. The quantitative estimate of drug-likeness (QED) is 0.170. The molecule has 0 radical (unpaired) electrons. The highest BCUT2D eigenvalue weighted by Crippen LogP contribution is 2.64. The summed E-state index contributed by atoms with van der Waals surface area (Å²) in [6, 6.07) is 5.52. The molecule has 1 saturated heterocycles. The van der Waals surface area contributed by atoms with Crippen molar-refractivity contribution in [3.63, 3.8) is 0 Å². The number of nitrogens with one attached hydrogen (secondary N) is 1. The zero-order chi connectivity index (χ0) is 32.6. The number of anilines is 1.